The van der Waals surface area contributed by atoms with Gasteiger partial charge in [0.1, 0.15) is 61.8 Å². The Morgan fingerprint density at radius 3 is 1.32 bits per heavy atom. The van der Waals surface area contributed by atoms with Crippen LogP contribution in [-0.4, -0.2) is 124 Å². The van der Waals surface area contributed by atoms with Crippen LogP contribution in [0.5, 0.6) is 11.5 Å². The Labute approximate surface area is 727 Å². The quantitative estimate of drug-likeness (QED) is 0.0175. The number of hydrogen-bond acceptors (Lipinski definition) is 20. The van der Waals surface area contributed by atoms with E-state index in [2.05, 4.69) is 38.3 Å². The minimum Gasteiger partial charge on any atom is -0.462 e. The largest absolute Gasteiger partial charge is 0.588 e. The number of hydrogen-bond donors (Lipinski definition) is 2. The maximum absolute atomic E-state index is 16.0. The second-order valence-corrected chi connectivity index (χ2v) is 37.2. The van der Waals surface area contributed by atoms with Gasteiger partial charge in [0.25, 0.3) is 0 Å². The molecule has 664 valence electrons. The van der Waals surface area contributed by atoms with Gasteiger partial charge in [0.15, 0.2) is 24.0 Å². The molecule has 1 fully saturated rings. The fourth-order valence-corrected chi connectivity index (χ4v) is 15.0. The Balaban J connectivity index is 1.92. The van der Waals surface area contributed by atoms with E-state index in [1.54, 1.807) is 66.7 Å². The number of carbonyl (C=O) groups excluding carboxylic acids is 7. The summed E-state index contributed by atoms with van der Waals surface area (Å²) in [5.74, 6) is -3.97. The molecule has 2 N–H and O–H groups in total. The zero-order valence-corrected chi connectivity index (χ0v) is 75.6. The van der Waals surface area contributed by atoms with E-state index < -0.39 is 138 Å². The van der Waals surface area contributed by atoms with Crippen LogP contribution in [0.25, 0.3) is 0 Å². The lowest BCUT2D eigenvalue weighted by Gasteiger charge is -2.45. The summed E-state index contributed by atoms with van der Waals surface area (Å²) in [6, 6.07) is 20.4. The van der Waals surface area contributed by atoms with Gasteiger partial charge >= 0.3 is 43.9 Å². The van der Waals surface area contributed by atoms with Crippen molar-refractivity contribution >= 4 is 119 Å². The van der Waals surface area contributed by atoms with Gasteiger partial charge in [-0.25, -0.2) is 18.9 Å². The molecule has 0 radical (unpaired) electrons. The number of halogens is 6. The molecule has 1 saturated heterocycles. The third-order valence-electron chi connectivity index (χ3n) is 20.0. The number of ether oxygens (including phenoxy) is 9. The first-order chi connectivity index (χ1) is 56.2. The number of unbranched alkanes of at least 4 members (excludes halogenated alkanes) is 32. The van der Waals surface area contributed by atoms with Crippen LogP contribution in [0, 0.1) is 0 Å². The van der Waals surface area contributed by atoms with Crippen molar-refractivity contribution in [3.05, 3.63) is 96.6 Å². The lowest BCUT2D eigenvalue weighted by atomic mass is 9.96. The van der Waals surface area contributed by atoms with Gasteiger partial charge in [-0.2, -0.15) is 0 Å². The van der Waals surface area contributed by atoms with Crippen LogP contribution in [0.2, 0.25) is 0 Å². The molecule has 29 heteroatoms. The maximum atomic E-state index is 16.0. The predicted molar refractivity (Wildman–Crippen MR) is 461 cm³/mol. The number of phosphoric ester groups is 1. The standard InChI is InChI=1S/C88H135Cl6N2O20P/c1-7-11-15-19-23-27-31-35-44-58-71(109-76(98)60-50-37-33-29-25-21-17-13-9-3)62-75(97)95-73(82(101)105-64-68-52-42-39-43-53-68)65-106-83-79(96-84(102)108-67-87(89,90)91)81(112-78(100)63-72(59-45-36-32-28-24-20-16-12-8-2)110-77(99)61-51-38-34-30-26-22-18-14-10-4)80(74(111-83)66-107-85(103)113-86(5,6)88(92,93)94)116-117(104,114-69-54-46-40-47-55-69)115-70-56-48-41-49-57-70/h39-43,46-49,52-57,71-74,79-81,83H,7-38,44-45,50-51,58-67H2,1-6H3,(H,95,97)(H,96,102)/t71-,72-,73+,74-,79-,80-,81-,83-/m1/s1. The number of alkyl halides is 6. The number of carbonyl (C=O) groups is 7. The number of benzene rings is 3. The second kappa shape index (κ2) is 61.3. The molecule has 4 rings (SSSR count). The van der Waals surface area contributed by atoms with Crippen LogP contribution < -0.4 is 19.7 Å². The highest BCUT2D eigenvalue weighted by Gasteiger charge is 2.55. The SMILES string of the molecule is CCCCCCCCCCCC(=O)O[C@H](CCCCCCCCCCC)CC(=O)N[C@@H](CO[C@@H]1O[C@H](COC(=O)OC(C)(C)C(Cl)(Cl)Cl)[C@@H](OP(=O)(Oc2ccccc2)Oc2ccccc2)[C@H](OC(=O)C[C@@H](CCCCCCCCCCC)OC(=O)CCCCCCCCCCC)[C@H]1NC(=O)OCC(Cl)(Cl)Cl)C(=O)OCc1ccccc1. The molecule has 2 amide bonds. The van der Waals surface area contributed by atoms with E-state index in [1.165, 1.54) is 89.5 Å². The monoisotopic (exact) mass is 1780 g/mol. The third-order valence-corrected chi connectivity index (χ3v) is 23.1. The van der Waals surface area contributed by atoms with Crippen LogP contribution >= 0.6 is 77.4 Å². The first-order valence-electron chi connectivity index (χ1n) is 43.2. The summed E-state index contributed by atoms with van der Waals surface area (Å²) in [4.78, 5) is 101. The smallest absolute Gasteiger partial charge is 0.462 e. The predicted octanol–water partition coefficient (Wildman–Crippen LogP) is 24.6. The number of rotatable bonds is 65. The zero-order valence-electron chi connectivity index (χ0n) is 70.2. The van der Waals surface area contributed by atoms with Gasteiger partial charge in [0, 0.05) is 12.8 Å². The van der Waals surface area contributed by atoms with Crippen molar-refractivity contribution in [2.24, 2.45) is 0 Å². The highest BCUT2D eigenvalue weighted by Crippen LogP contribution is 2.53. The van der Waals surface area contributed by atoms with Crippen LogP contribution in [-0.2, 0) is 82.3 Å². The Hall–Kier alpha value is -5.00. The summed E-state index contributed by atoms with van der Waals surface area (Å²) >= 11 is 37.3. The summed E-state index contributed by atoms with van der Waals surface area (Å²) < 4.78 is 85.2. The minimum absolute atomic E-state index is 0.0589. The summed E-state index contributed by atoms with van der Waals surface area (Å²) in [7, 11) is -5.26. The van der Waals surface area contributed by atoms with E-state index in [1.807, 2.05) is 0 Å². The number of amides is 2. The van der Waals surface area contributed by atoms with Gasteiger partial charge in [-0.05, 0) is 82.2 Å². The molecule has 0 aliphatic carbocycles. The first kappa shape index (κ1) is 104. The van der Waals surface area contributed by atoms with Gasteiger partial charge in [-0.1, -0.05) is 369 Å². The Morgan fingerprint density at radius 2 is 0.897 bits per heavy atom. The number of nitrogens with one attached hydrogen (secondary N) is 2. The van der Waals surface area contributed by atoms with Crippen LogP contribution in [0.1, 0.15) is 317 Å². The van der Waals surface area contributed by atoms with Crippen molar-refractivity contribution < 1.29 is 94.3 Å². The van der Waals surface area contributed by atoms with Crippen molar-refractivity contribution in [3.8, 4) is 11.5 Å². The van der Waals surface area contributed by atoms with Crippen LogP contribution in [0.3, 0.4) is 0 Å². The van der Waals surface area contributed by atoms with Crippen LogP contribution in [0.15, 0.2) is 91.0 Å². The van der Waals surface area contributed by atoms with Crippen molar-refractivity contribution in [2.45, 2.75) is 380 Å². The Kier molecular flexibility index (Phi) is 54.7. The van der Waals surface area contributed by atoms with E-state index in [9.17, 15) is 28.8 Å². The first-order valence-corrected chi connectivity index (χ1v) is 46.9. The average molecular weight is 1780 g/mol. The highest BCUT2D eigenvalue weighted by atomic mass is 35.6. The average Bonchev–Trinajstić information content (AvgIpc) is 0.769. The molecule has 0 saturated carbocycles. The van der Waals surface area contributed by atoms with Gasteiger partial charge in [-0.15, -0.1) is 0 Å². The van der Waals surface area contributed by atoms with Gasteiger partial charge < -0.3 is 62.3 Å². The molecular formula is C88H135Cl6N2O20P. The van der Waals surface area contributed by atoms with Gasteiger partial charge in [0.2, 0.25) is 13.5 Å². The topological polar surface area (TPSA) is 271 Å². The van der Waals surface area contributed by atoms with E-state index in [-0.39, 0.29) is 43.8 Å². The maximum Gasteiger partial charge on any atom is 0.588 e. The van der Waals surface area contributed by atoms with Crippen molar-refractivity contribution in [1.29, 1.82) is 0 Å². The molecular weight excluding hydrogens is 1650 g/mol. The molecule has 22 nitrogen and oxygen atoms in total. The number of phosphoric acid groups is 1. The molecule has 1 aliphatic rings. The highest BCUT2D eigenvalue weighted by molar-refractivity contribution is 7.49. The lowest BCUT2D eigenvalue weighted by Crippen LogP contribution is -2.67. The molecule has 0 bridgehead atoms. The van der Waals surface area contributed by atoms with Crippen molar-refractivity contribution in [1.82, 2.24) is 10.6 Å². The van der Waals surface area contributed by atoms with Crippen LogP contribution in [0.4, 0.5) is 9.59 Å². The van der Waals surface area contributed by atoms with Gasteiger partial charge in [-0.3, -0.25) is 23.7 Å². The molecule has 8 atom stereocenters. The summed E-state index contributed by atoms with van der Waals surface area (Å²) in [6.07, 6.45) is 23.2. The molecule has 1 aliphatic heterocycles. The second-order valence-electron chi connectivity index (χ2n) is 30.9. The van der Waals surface area contributed by atoms with Crippen molar-refractivity contribution in [2.75, 3.05) is 19.8 Å². The minimum atomic E-state index is -5.26. The molecule has 0 aromatic heterocycles. The van der Waals surface area contributed by atoms with E-state index in [0.29, 0.717) is 37.7 Å². The third kappa shape index (κ3) is 48.4. The molecule has 0 spiro atoms. The Morgan fingerprint density at radius 1 is 0.487 bits per heavy atom. The van der Waals surface area contributed by atoms with E-state index >= 15 is 9.36 Å². The number of para-hydroxylation sites is 2. The molecule has 3 aromatic carbocycles. The molecule has 117 heavy (non-hydrogen) atoms. The normalized spacial score (nSPS) is 16.5. The summed E-state index contributed by atoms with van der Waals surface area (Å²) in [5.41, 5.74) is -1.29. The molecule has 1 heterocycles. The fraction of sp³-hybridized carbons (Fsp3) is 0.716. The summed E-state index contributed by atoms with van der Waals surface area (Å²) in [6.45, 7) is 8.25. The molecule has 0 unspecified atom stereocenters. The van der Waals surface area contributed by atoms with Crippen molar-refractivity contribution in [3.63, 3.8) is 0 Å². The number of esters is 4. The molecule has 3 aromatic rings. The zero-order chi connectivity index (χ0) is 85.4. The van der Waals surface area contributed by atoms with E-state index in [4.69, 9.17) is 126 Å². The number of alkyl carbamates (subject to hydrolysis) is 1. The Bertz CT molecular complexity index is 3190. The van der Waals surface area contributed by atoms with E-state index in [0.717, 1.165) is 154 Å². The lowest BCUT2D eigenvalue weighted by molar-refractivity contribution is -0.272. The summed E-state index contributed by atoms with van der Waals surface area (Å²) in [5, 5.41) is 5.33. The fourth-order valence-electron chi connectivity index (χ4n) is 13.3. The van der Waals surface area contributed by atoms with Gasteiger partial charge in [0.05, 0.1) is 19.4 Å².